The van der Waals surface area contributed by atoms with E-state index < -0.39 is 34.1 Å². The third-order valence-corrected chi connectivity index (χ3v) is 10.6. The second-order valence-electron chi connectivity index (χ2n) is 12.3. The van der Waals surface area contributed by atoms with Crippen LogP contribution in [-0.4, -0.2) is 39.2 Å². The van der Waals surface area contributed by atoms with Crippen LogP contribution in [0.15, 0.2) is 54.1 Å². The van der Waals surface area contributed by atoms with Crippen LogP contribution in [0.3, 0.4) is 0 Å². The number of aliphatic hydroxyl groups excluding tert-OH is 1. The number of allylic oxidation sites excluding steroid dienone is 4. The highest BCUT2D eigenvalue weighted by Gasteiger charge is 2.75. The summed E-state index contributed by atoms with van der Waals surface area (Å²) in [6.45, 7) is 5.61. The fourth-order valence-corrected chi connectivity index (χ4v) is 8.59. The van der Waals surface area contributed by atoms with Crippen LogP contribution in [0.2, 0.25) is 0 Å². The average molecular weight is 495 g/mol. The highest BCUT2D eigenvalue weighted by atomic mass is 19.1. The number of fused-ring (bicyclic) bond motifs is 5. The SMILES string of the molecule is C[C@@H]1C[C@H]2[C@@H]3CCC4=CC(=O)C=C[C@]4(C)[C@@]3(F)[C@@H](O)C[C@]2(C)[C@@]1(O)C(=O)CCCCc1ccccc1. The Morgan fingerprint density at radius 3 is 2.58 bits per heavy atom. The second-order valence-corrected chi connectivity index (χ2v) is 12.3. The summed E-state index contributed by atoms with van der Waals surface area (Å²) in [5.74, 6) is -1.33. The van der Waals surface area contributed by atoms with Crippen LogP contribution in [0, 0.1) is 28.6 Å². The number of unbranched alkanes of at least 4 members (excludes halogenated alkanes) is 1. The lowest BCUT2D eigenvalue weighted by Crippen LogP contribution is -2.69. The Morgan fingerprint density at radius 1 is 1.14 bits per heavy atom. The quantitative estimate of drug-likeness (QED) is 0.525. The van der Waals surface area contributed by atoms with Crippen LogP contribution >= 0.6 is 0 Å². The third kappa shape index (κ3) is 3.38. The van der Waals surface area contributed by atoms with E-state index in [1.807, 2.05) is 32.0 Å². The fraction of sp³-hybridized carbons (Fsp3) is 0.613. The number of carbonyl (C=O) groups excluding carboxylic acids is 2. The van der Waals surface area contributed by atoms with Gasteiger partial charge in [0.1, 0.15) is 5.60 Å². The van der Waals surface area contributed by atoms with Crippen LogP contribution in [-0.2, 0) is 16.0 Å². The topological polar surface area (TPSA) is 74.6 Å². The molecule has 0 amide bonds. The van der Waals surface area contributed by atoms with Gasteiger partial charge in [0.15, 0.2) is 17.2 Å². The van der Waals surface area contributed by atoms with Crippen molar-refractivity contribution in [1.82, 2.24) is 0 Å². The Kier molecular flexibility index (Phi) is 6.19. The van der Waals surface area contributed by atoms with Crippen LogP contribution < -0.4 is 0 Å². The molecule has 0 bridgehead atoms. The molecule has 0 heterocycles. The smallest absolute Gasteiger partial charge is 0.178 e. The number of aliphatic hydroxyl groups is 2. The molecule has 0 aromatic heterocycles. The minimum Gasteiger partial charge on any atom is -0.390 e. The molecule has 0 spiro atoms. The van der Waals surface area contributed by atoms with E-state index in [1.54, 1.807) is 13.0 Å². The molecule has 3 fully saturated rings. The minimum absolute atomic E-state index is 0.0336. The summed E-state index contributed by atoms with van der Waals surface area (Å²) in [6, 6.07) is 10.2. The van der Waals surface area contributed by atoms with Crippen LogP contribution in [0.25, 0.3) is 0 Å². The number of Topliss-reactive ketones (excluding diaryl/α,β-unsaturated/α-hetero) is 1. The van der Waals surface area contributed by atoms with E-state index in [0.29, 0.717) is 25.7 Å². The number of carbonyl (C=O) groups is 2. The lowest BCUT2D eigenvalue weighted by atomic mass is 9.44. The molecular formula is C31H39FO4. The van der Waals surface area contributed by atoms with Gasteiger partial charge in [0, 0.05) is 23.2 Å². The molecular weight excluding hydrogens is 455 g/mol. The molecule has 1 aromatic carbocycles. The van der Waals surface area contributed by atoms with Gasteiger partial charge < -0.3 is 10.2 Å². The highest BCUT2D eigenvalue weighted by molar-refractivity contribution is 6.01. The Balaban J connectivity index is 1.38. The number of rotatable bonds is 6. The predicted molar refractivity (Wildman–Crippen MR) is 137 cm³/mol. The Morgan fingerprint density at radius 2 is 1.86 bits per heavy atom. The van der Waals surface area contributed by atoms with Crippen molar-refractivity contribution in [2.24, 2.45) is 28.6 Å². The molecule has 5 rings (SSSR count). The van der Waals surface area contributed by atoms with E-state index in [1.165, 1.54) is 17.7 Å². The summed E-state index contributed by atoms with van der Waals surface area (Å²) in [5.41, 5.74) is -3.50. The van der Waals surface area contributed by atoms with Crippen LogP contribution in [0.5, 0.6) is 0 Å². The van der Waals surface area contributed by atoms with Crippen LogP contribution in [0.1, 0.15) is 71.3 Å². The normalized spacial score (nSPS) is 43.4. The van der Waals surface area contributed by atoms with Crippen LogP contribution in [0.4, 0.5) is 4.39 Å². The average Bonchev–Trinajstić information content (AvgIpc) is 3.05. The Labute approximate surface area is 213 Å². The van der Waals surface area contributed by atoms with Gasteiger partial charge in [-0.25, -0.2) is 4.39 Å². The van der Waals surface area contributed by atoms with Gasteiger partial charge in [-0.2, -0.15) is 0 Å². The maximum Gasteiger partial charge on any atom is 0.178 e. The number of hydrogen-bond acceptors (Lipinski definition) is 4. The second kappa shape index (κ2) is 8.73. The number of halogens is 1. The van der Waals surface area contributed by atoms with Crippen molar-refractivity contribution in [3.05, 3.63) is 59.7 Å². The van der Waals surface area contributed by atoms with Crippen molar-refractivity contribution in [2.75, 3.05) is 0 Å². The molecule has 194 valence electrons. The molecule has 0 saturated heterocycles. The van der Waals surface area contributed by atoms with Crippen molar-refractivity contribution >= 4 is 11.6 Å². The molecule has 4 nitrogen and oxygen atoms in total. The zero-order valence-corrected chi connectivity index (χ0v) is 21.7. The first-order chi connectivity index (χ1) is 17.0. The lowest BCUT2D eigenvalue weighted by molar-refractivity contribution is -0.218. The Hall–Kier alpha value is -2.11. The first kappa shape index (κ1) is 25.5. The first-order valence-corrected chi connectivity index (χ1v) is 13.6. The summed E-state index contributed by atoms with van der Waals surface area (Å²) in [5, 5.41) is 23.5. The lowest BCUT2D eigenvalue weighted by Gasteiger charge is -2.62. The molecule has 36 heavy (non-hydrogen) atoms. The maximum atomic E-state index is 17.2. The molecule has 3 saturated carbocycles. The molecule has 4 aliphatic rings. The van der Waals surface area contributed by atoms with Gasteiger partial charge in [0.25, 0.3) is 0 Å². The zero-order chi connectivity index (χ0) is 25.9. The molecule has 0 aliphatic heterocycles. The van der Waals surface area contributed by atoms with Gasteiger partial charge >= 0.3 is 0 Å². The molecule has 0 unspecified atom stereocenters. The fourth-order valence-electron chi connectivity index (χ4n) is 8.59. The standard InChI is InChI=1S/C31H39FO4/c1-20-17-25-24-14-13-22-18-23(33)15-16-28(22,2)30(24,32)27(35)19-29(25,3)31(20,36)26(34)12-8-7-11-21-9-5-4-6-10-21/h4-6,9-10,15-16,18,20,24-25,27,35-36H,7-8,11-14,17,19H2,1-3H3/t20-,24+,25+,27+,28+,29+,30+,31+/m1/s1. The van der Waals surface area contributed by atoms with Gasteiger partial charge in [0.05, 0.1) is 6.10 Å². The van der Waals surface area contributed by atoms with Crippen molar-refractivity contribution in [1.29, 1.82) is 0 Å². The van der Waals surface area contributed by atoms with E-state index in [-0.39, 0.29) is 36.2 Å². The monoisotopic (exact) mass is 494 g/mol. The Bertz CT molecular complexity index is 1110. The third-order valence-electron chi connectivity index (χ3n) is 10.6. The van der Waals surface area contributed by atoms with E-state index in [9.17, 15) is 19.8 Å². The number of ketones is 2. The summed E-state index contributed by atoms with van der Waals surface area (Å²) in [4.78, 5) is 25.7. The maximum absolute atomic E-state index is 17.2. The molecule has 8 atom stereocenters. The zero-order valence-electron chi connectivity index (χ0n) is 21.7. The van der Waals surface area contributed by atoms with Crippen molar-refractivity contribution < 1.29 is 24.2 Å². The number of aryl methyl sites for hydroxylation is 1. The van der Waals surface area contributed by atoms with Gasteiger partial charge in [0.2, 0.25) is 0 Å². The summed E-state index contributed by atoms with van der Waals surface area (Å²) in [7, 11) is 0. The molecule has 2 N–H and O–H groups in total. The molecule has 5 heteroatoms. The summed E-state index contributed by atoms with van der Waals surface area (Å²) in [6.07, 6.45) is 7.66. The molecule has 0 radical (unpaired) electrons. The van der Waals surface area contributed by atoms with Gasteiger partial charge in [-0.1, -0.05) is 55.8 Å². The van der Waals surface area contributed by atoms with Crippen molar-refractivity contribution in [2.45, 2.75) is 89.5 Å². The van der Waals surface area contributed by atoms with Crippen molar-refractivity contribution in [3.63, 3.8) is 0 Å². The number of alkyl halides is 1. The van der Waals surface area contributed by atoms with E-state index >= 15 is 4.39 Å². The minimum atomic E-state index is -1.94. The van der Waals surface area contributed by atoms with E-state index in [0.717, 1.165) is 18.4 Å². The number of benzene rings is 1. The predicted octanol–water partition coefficient (Wildman–Crippen LogP) is 5.32. The first-order valence-electron chi connectivity index (χ1n) is 13.6. The largest absolute Gasteiger partial charge is 0.390 e. The van der Waals surface area contributed by atoms with Crippen molar-refractivity contribution in [3.8, 4) is 0 Å². The van der Waals surface area contributed by atoms with E-state index in [4.69, 9.17) is 0 Å². The van der Waals surface area contributed by atoms with Gasteiger partial charge in [-0.3, -0.25) is 9.59 Å². The van der Waals surface area contributed by atoms with Gasteiger partial charge in [-0.15, -0.1) is 0 Å². The van der Waals surface area contributed by atoms with E-state index in [2.05, 4.69) is 12.1 Å². The summed E-state index contributed by atoms with van der Waals surface area (Å²) >= 11 is 0. The number of hydrogen-bond donors (Lipinski definition) is 2. The van der Waals surface area contributed by atoms with Gasteiger partial charge in [-0.05, 0) is 81.4 Å². The highest BCUT2D eigenvalue weighted by Crippen LogP contribution is 2.70. The molecule has 4 aliphatic carbocycles. The molecule has 1 aromatic rings. The summed E-state index contributed by atoms with van der Waals surface area (Å²) < 4.78 is 17.2.